The predicted molar refractivity (Wildman–Crippen MR) is 50.7 cm³/mol. The predicted octanol–water partition coefficient (Wildman–Crippen LogP) is 3.11. The molecule has 1 nitrogen and oxygen atoms in total. The van der Waals surface area contributed by atoms with Gasteiger partial charge in [0.05, 0.1) is 15.5 Å². The Morgan fingerprint density at radius 1 is 1.70 bits per heavy atom. The minimum absolute atomic E-state index is 0.653. The fourth-order valence-corrected chi connectivity index (χ4v) is 2.02. The van der Waals surface area contributed by atoms with E-state index in [4.69, 9.17) is 0 Å². The highest BCUT2D eigenvalue weighted by atomic mass is 79.9. The summed E-state index contributed by atoms with van der Waals surface area (Å²) >= 11 is 9.45. The van der Waals surface area contributed by atoms with Crippen molar-refractivity contribution in [1.29, 1.82) is 0 Å². The molecule has 0 amide bonds. The SMILES string of the molecule is S=C=NCc1ccc(Br)s1. The Labute approximate surface area is 76.9 Å². The monoisotopic (exact) mass is 233 g/mol. The molecule has 0 aromatic carbocycles. The van der Waals surface area contributed by atoms with Crippen molar-refractivity contribution in [3.8, 4) is 0 Å². The van der Waals surface area contributed by atoms with E-state index >= 15 is 0 Å². The fraction of sp³-hybridized carbons (Fsp3) is 0.167. The summed E-state index contributed by atoms with van der Waals surface area (Å²) < 4.78 is 1.13. The largest absolute Gasteiger partial charge is 0.227 e. The number of thiophene rings is 1. The van der Waals surface area contributed by atoms with Gasteiger partial charge in [-0.1, -0.05) is 0 Å². The molecule has 1 aromatic rings. The van der Waals surface area contributed by atoms with Gasteiger partial charge >= 0.3 is 0 Å². The highest BCUT2D eigenvalue weighted by Crippen LogP contribution is 2.22. The van der Waals surface area contributed by atoms with E-state index < -0.39 is 0 Å². The van der Waals surface area contributed by atoms with Crippen molar-refractivity contribution in [1.82, 2.24) is 0 Å². The number of halogens is 1. The van der Waals surface area contributed by atoms with Crippen LogP contribution in [0, 0.1) is 0 Å². The standard InChI is InChI=1S/C6H4BrNS2/c7-6-2-1-5(10-6)3-8-4-9/h1-2H,3H2. The summed E-state index contributed by atoms with van der Waals surface area (Å²) in [5, 5.41) is 2.33. The average molecular weight is 234 g/mol. The lowest BCUT2D eigenvalue weighted by Gasteiger charge is -1.81. The topological polar surface area (TPSA) is 12.4 Å². The van der Waals surface area contributed by atoms with E-state index in [0.29, 0.717) is 6.54 Å². The van der Waals surface area contributed by atoms with E-state index in [9.17, 15) is 0 Å². The minimum Gasteiger partial charge on any atom is -0.227 e. The summed E-state index contributed by atoms with van der Waals surface area (Å²) in [4.78, 5) is 5.01. The Morgan fingerprint density at radius 3 is 3.00 bits per heavy atom. The molecule has 0 N–H and O–H groups in total. The zero-order chi connectivity index (χ0) is 7.40. The van der Waals surface area contributed by atoms with Crippen molar-refractivity contribution in [3.05, 3.63) is 20.8 Å². The highest BCUT2D eigenvalue weighted by Gasteiger charge is 1.93. The summed E-state index contributed by atoms with van der Waals surface area (Å²) in [5.74, 6) is 0. The second-order valence-corrected chi connectivity index (χ2v) is 4.34. The molecule has 0 bridgehead atoms. The van der Waals surface area contributed by atoms with Gasteiger partial charge in [0.1, 0.15) is 0 Å². The Bertz CT molecular complexity index is 262. The van der Waals surface area contributed by atoms with Crippen LogP contribution in [-0.2, 0) is 6.54 Å². The fourth-order valence-electron chi connectivity index (χ4n) is 0.547. The number of isothiocyanates is 1. The van der Waals surface area contributed by atoms with Gasteiger partial charge in [-0.05, 0) is 40.3 Å². The average Bonchev–Trinajstić information content (AvgIpc) is 2.31. The number of hydrogen-bond acceptors (Lipinski definition) is 3. The Kier molecular flexibility index (Phi) is 3.22. The van der Waals surface area contributed by atoms with Crippen LogP contribution in [-0.4, -0.2) is 5.16 Å². The molecular formula is C6H4BrNS2. The van der Waals surface area contributed by atoms with Crippen molar-refractivity contribution in [3.63, 3.8) is 0 Å². The van der Waals surface area contributed by atoms with Crippen molar-refractivity contribution in [2.24, 2.45) is 4.99 Å². The van der Waals surface area contributed by atoms with Crippen LogP contribution in [0.2, 0.25) is 0 Å². The van der Waals surface area contributed by atoms with Crippen LogP contribution in [0.3, 0.4) is 0 Å². The van der Waals surface area contributed by atoms with Crippen molar-refractivity contribution in [2.45, 2.75) is 6.54 Å². The normalized spacial score (nSPS) is 8.90. The molecule has 0 spiro atoms. The molecular weight excluding hydrogens is 230 g/mol. The summed E-state index contributed by atoms with van der Waals surface area (Å²) in [6.45, 7) is 0.653. The van der Waals surface area contributed by atoms with Crippen LogP contribution in [0.4, 0.5) is 0 Å². The third-order valence-corrected chi connectivity index (χ3v) is 2.67. The van der Waals surface area contributed by atoms with Gasteiger partial charge in [0.15, 0.2) is 0 Å². The molecule has 0 atom stereocenters. The van der Waals surface area contributed by atoms with Crippen LogP contribution in [0.15, 0.2) is 20.9 Å². The number of rotatable bonds is 2. The van der Waals surface area contributed by atoms with Crippen molar-refractivity contribution >= 4 is 44.6 Å². The molecule has 0 saturated carbocycles. The molecule has 0 aliphatic carbocycles. The van der Waals surface area contributed by atoms with Crippen LogP contribution in [0.25, 0.3) is 0 Å². The summed E-state index contributed by atoms with van der Waals surface area (Å²) in [6.07, 6.45) is 0. The van der Waals surface area contributed by atoms with Gasteiger partial charge in [0.2, 0.25) is 0 Å². The van der Waals surface area contributed by atoms with Crippen molar-refractivity contribution < 1.29 is 0 Å². The highest BCUT2D eigenvalue weighted by molar-refractivity contribution is 9.11. The molecule has 52 valence electrons. The van der Waals surface area contributed by atoms with E-state index in [0.717, 1.165) is 3.79 Å². The smallest absolute Gasteiger partial charge is 0.0836 e. The van der Waals surface area contributed by atoms with E-state index in [-0.39, 0.29) is 0 Å². The first kappa shape index (κ1) is 8.08. The number of nitrogens with zero attached hydrogens (tertiary/aromatic N) is 1. The van der Waals surface area contributed by atoms with Gasteiger partial charge < -0.3 is 0 Å². The van der Waals surface area contributed by atoms with E-state index in [1.165, 1.54) is 4.88 Å². The third kappa shape index (κ3) is 2.31. The quantitative estimate of drug-likeness (QED) is 0.565. The first-order valence-corrected chi connectivity index (χ1v) is 4.62. The van der Waals surface area contributed by atoms with Crippen LogP contribution >= 0.6 is 39.5 Å². The lowest BCUT2D eigenvalue weighted by molar-refractivity contribution is 1.12. The van der Waals surface area contributed by atoms with E-state index in [1.807, 2.05) is 12.1 Å². The first-order chi connectivity index (χ1) is 4.83. The van der Waals surface area contributed by atoms with Crippen LogP contribution < -0.4 is 0 Å². The maximum absolute atomic E-state index is 4.43. The third-order valence-electron chi connectivity index (χ3n) is 0.928. The van der Waals surface area contributed by atoms with E-state index in [1.54, 1.807) is 11.3 Å². The molecule has 0 saturated heterocycles. The Balaban J connectivity index is 2.66. The zero-order valence-electron chi connectivity index (χ0n) is 5.00. The lowest BCUT2D eigenvalue weighted by Crippen LogP contribution is -1.68. The molecule has 1 aromatic heterocycles. The second-order valence-electron chi connectivity index (χ2n) is 1.61. The molecule has 4 heteroatoms. The minimum atomic E-state index is 0.653. The van der Waals surface area contributed by atoms with Crippen molar-refractivity contribution in [2.75, 3.05) is 0 Å². The van der Waals surface area contributed by atoms with Crippen LogP contribution in [0.1, 0.15) is 4.88 Å². The number of aliphatic imine (C=N–C) groups is 1. The lowest BCUT2D eigenvalue weighted by atomic mass is 10.5. The summed E-state index contributed by atoms with van der Waals surface area (Å²) in [7, 11) is 0. The van der Waals surface area contributed by atoms with Gasteiger partial charge in [-0.15, -0.1) is 11.3 Å². The van der Waals surface area contributed by atoms with Crippen LogP contribution in [0.5, 0.6) is 0 Å². The van der Waals surface area contributed by atoms with E-state index in [2.05, 4.69) is 38.3 Å². The molecule has 10 heavy (non-hydrogen) atoms. The molecule has 0 aliphatic rings. The van der Waals surface area contributed by atoms with Gasteiger partial charge in [-0.2, -0.15) is 0 Å². The second kappa shape index (κ2) is 3.98. The summed E-state index contributed by atoms with van der Waals surface area (Å²) in [5.41, 5.74) is 0. The molecule has 1 heterocycles. The van der Waals surface area contributed by atoms with Gasteiger partial charge in [0, 0.05) is 4.88 Å². The molecule has 0 fully saturated rings. The maximum atomic E-state index is 4.43. The Morgan fingerprint density at radius 2 is 2.50 bits per heavy atom. The number of hydrogen-bond donors (Lipinski definition) is 0. The van der Waals surface area contributed by atoms with Gasteiger partial charge in [-0.3, -0.25) is 0 Å². The maximum Gasteiger partial charge on any atom is 0.0836 e. The molecule has 0 aliphatic heterocycles. The van der Waals surface area contributed by atoms with Gasteiger partial charge in [0.25, 0.3) is 0 Å². The molecule has 0 unspecified atom stereocenters. The van der Waals surface area contributed by atoms with Gasteiger partial charge in [-0.25, -0.2) is 4.99 Å². The summed E-state index contributed by atoms with van der Waals surface area (Å²) in [6, 6.07) is 4.02. The zero-order valence-corrected chi connectivity index (χ0v) is 8.22. The Hall–Kier alpha value is -0.0200. The molecule has 0 radical (unpaired) electrons. The number of thiocarbonyl (C=S) groups is 1. The molecule has 1 rings (SSSR count). The first-order valence-electron chi connectivity index (χ1n) is 2.61.